The van der Waals surface area contributed by atoms with Crippen molar-refractivity contribution in [3.05, 3.63) is 76.6 Å². The molecule has 0 bridgehead atoms. The third-order valence-electron chi connectivity index (χ3n) is 6.31. The number of carboxylic acid groups (broad SMARTS) is 1. The van der Waals surface area contributed by atoms with Gasteiger partial charge in [-0.05, 0) is 61.1 Å². The standard InChI is InChI=1S/C26H24ClFO5/c1-26(25(31)32-15-17-7-4-6-16-5-2-3-8-19(16)17)11-9-18(10-12-26)33-23-13-20(24(29)30)22(28)14-21(23)27/h2-8,13-14,18H,9-12,15H2,1H3,(H,29,30)/t18-,26+. The number of benzene rings is 3. The Morgan fingerprint density at radius 2 is 1.82 bits per heavy atom. The lowest BCUT2D eigenvalue weighted by Crippen LogP contribution is -2.37. The van der Waals surface area contributed by atoms with Crippen LogP contribution >= 0.6 is 11.6 Å². The fraction of sp³-hybridized carbons (Fsp3) is 0.308. The lowest BCUT2D eigenvalue weighted by Gasteiger charge is -2.35. The second-order valence-corrected chi connectivity index (χ2v) is 9.07. The topological polar surface area (TPSA) is 72.8 Å². The Labute approximate surface area is 196 Å². The lowest BCUT2D eigenvalue weighted by atomic mass is 9.74. The molecule has 1 aliphatic rings. The molecule has 0 aliphatic heterocycles. The van der Waals surface area contributed by atoms with Gasteiger partial charge >= 0.3 is 11.9 Å². The van der Waals surface area contributed by atoms with Crippen molar-refractivity contribution in [1.82, 2.24) is 0 Å². The second-order valence-electron chi connectivity index (χ2n) is 8.66. The Morgan fingerprint density at radius 1 is 1.12 bits per heavy atom. The van der Waals surface area contributed by atoms with Crippen molar-refractivity contribution in [1.29, 1.82) is 0 Å². The molecule has 0 heterocycles. The maximum atomic E-state index is 13.8. The average molecular weight is 471 g/mol. The highest BCUT2D eigenvalue weighted by Gasteiger charge is 2.39. The average Bonchev–Trinajstić information content (AvgIpc) is 2.80. The molecule has 1 saturated carbocycles. The first-order valence-corrected chi connectivity index (χ1v) is 11.2. The van der Waals surface area contributed by atoms with E-state index in [0.29, 0.717) is 25.7 Å². The van der Waals surface area contributed by atoms with E-state index in [1.54, 1.807) is 0 Å². The summed E-state index contributed by atoms with van der Waals surface area (Å²) in [4.78, 5) is 24.1. The van der Waals surface area contributed by atoms with Crippen molar-refractivity contribution in [3.8, 4) is 5.75 Å². The van der Waals surface area contributed by atoms with Gasteiger partial charge in [-0.1, -0.05) is 54.1 Å². The Morgan fingerprint density at radius 3 is 2.55 bits per heavy atom. The number of hydrogen-bond donors (Lipinski definition) is 1. The molecule has 0 aromatic heterocycles. The van der Waals surface area contributed by atoms with Crippen LogP contribution in [-0.2, 0) is 16.1 Å². The SMILES string of the molecule is C[C@]1(C(=O)OCc2cccc3ccccc23)CC[C@@H](Oc2cc(C(=O)O)c(F)cc2Cl)CC1. The summed E-state index contributed by atoms with van der Waals surface area (Å²) in [5.41, 5.74) is -0.169. The Balaban J connectivity index is 1.37. The van der Waals surface area contributed by atoms with Crippen LogP contribution in [0.3, 0.4) is 0 Å². The molecule has 7 heteroatoms. The molecule has 1 N–H and O–H groups in total. The van der Waals surface area contributed by atoms with E-state index in [4.69, 9.17) is 26.2 Å². The highest BCUT2D eigenvalue weighted by atomic mass is 35.5. The summed E-state index contributed by atoms with van der Waals surface area (Å²) in [7, 11) is 0. The molecule has 0 atom stereocenters. The van der Waals surface area contributed by atoms with E-state index in [1.165, 1.54) is 0 Å². The van der Waals surface area contributed by atoms with Crippen molar-refractivity contribution in [2.75, 3.05) is 0 Å². The number of ether oxygens (including phenoxy) is 2. The van der Waals surface area contributed by atoms with Crippen molar-refractivity contribution in [3.63, 3.8) is 0 Å². The van der Waals surface area contributed by atoms with E-state index < -0.39 is 22.8 Å². The van der Waals surface area contributed by atoms with E-state index in [-0.39, 0.29) is 29.5 Å². The van der Waals surface area contributed by atoms with Crippen LogP contribution in [0.4, 0.5) is 4.39 Å². The van der Waals surface area contributed by atoms with Gasteiger partial charge in [-0.15, -0.1) is 0 Å². The van der Waals surface area contributed by atoms with Gasteiger partial charge in [-0.25, -0.2) is 9.18 Å². The van der Waals surface area contributed by atoms with Crippen LogP contribution in [0.5, 0.6) is 5.75 Å². The molecule has 0 saturated heterocycles. The van der Waals surface area contributed by atoms with Crippen molar-refractivity contribution in [2.24, 2.45) is 5.41 Å². The summed E-state index contributed by atoms with van der Waals surface area (Å²) < 4.78 is 25.3. The van der Waals surface area contributed by atoms with Crippen LogP contribution in [0.1, 0.15) is 48.5 Å². The Kier molecular flexibility index (Phi) is 6.56. The van der Waals surface area contributed by atoms with Gasteiger partial charge < -0.3 is 14.6 Å². The predicted octanol–water partition coefficient (Wildman–Crippen LogP) is 6.40. The zero-order valence-corrected chi connectivity index (χ0v) is 18.9. The zero-order valence-electron chi connectivity index (χ0n) is 18.1. The van der Waals surface area contributed by atoms with Gasteiger partial charge in [-0.2, -0.15) is 0 Å². The number of rotatable bonds is 6. The van der Waals surface area contributed by atoms with E-state index in [2.05, 4.69) is 0 Å². The van der Waals surface area contributed by atoms with Crippen molar-refractivity contribution >= 4 is 34.3 Å². The summed E-state index contributed by atoms with van der Waals surface area (Å²) in [5, 5.41) is 11.3. The highest BCUT2D eigenvalue weighted by Crippen LogP contribution is 2.40. The third-order valence-corrected chi connectivity index (χ3v) is 6.61. The van der Waals surface area contributed by atoms with Crippen LogP contribution in [-0.4, -0.2) is 23.1 Å². The molecule has 4 rings (SSSR count). The summed E-state index contributed by atoms with van der Waals surface area (Å²) in [6, 6.07) is 16.0. The first-order chi connectivity index (χ1) is 15.8. The maximum Gasteiger partial charge on any atom is 0.338 e. The first kappa shape index (κ1) is 23.1. The molecule has 0 radical (unpaired) electrons. The number of carbonyl (C=O) groups excluding carboxylic acids is 1. The fourth-order valence-corrected chi connectivity index (χ4v) is 4.44. The van der Waals surface area contributed by atoms with Crippen LogP contribution in [0.15, 0.2) is 54.6 Å². The zero-order chi connectivity index (χ0) is 23.6. The molecular weight excluding hydrogens is 447 g/mol. The normalized spacial score (nSPS) is 20.4. The van der Waals surface area contributed by atoms with Gasteiger partial charge in [-0.3, -0.25) is 4.79 Å². The number of esters is 1. The third kappa shape index (κ3) is 4.96. The number of hydrogen-bond acceptors (Lipinski definition) is 4. The molecule has 1 fully saturated rings. The van der Waals surface area contributed by atoms with Crippen LogP contribution in [0, 0.1) is 11.2 Å². The van der Waals surface area contributed by atoms with Gasteiger partial charge in [0.25, 0.3) is 0 Å². The van der Waals surface area contributed by atoms with Crippen molar-refractivity contribution < 1.29 is 28.6 Å². The number of aromatic carboxylic acids is 1. The van der Waals surface area contributed by atoms with E-state index >= 15 is 0 Å². The molecule has 0 spiro atoms. The van der Waals surface area contributed by atoms with Crippen LogP contribution in [0.25, 0.3) is 10.8 Å². The molecular formula is C26H24ClFO5. The number of carbonyl (C=O) groups is 2. The molecule has 3 aromatic rings. The smallest absolute Gasteiger partial charge is 0.338 e. The second kappa shape index (κ2) is 9.40. The minimum absolute atomic E-state index is 0.0142. The van der Waals surface area contributed by atoms with Crippen LogP contribution < -0.4 is 4.74 Å². The lowest BCUT2D eigenvalue weighted by molar-refractivity contribution is -0.159. The van der Waals surface area contributed by atoms with E-state index in [1.807, 2.05) is 49.4 Å². The number of fused-ring (bicyclic) bond motifs is 1. The molecule has 0 amide bonds. The largest absolute Gasteiger partial charge is 0.489 e. The molecule has 33 heavy (non-hydrogen) atoms. The molecule has 1 aliphatic carbocycles. The Hall–Kier alpha value is -3.12. The summed E-state index contributed by atoms with van der Waals surface area (Å²) >= 11 is 6.04. The number of halogens is 2. The maximum absolute atomic E-state index is 13.8. The van der Waals surface area contributed by atoms with Gasteiger partial charge in [0.2, 0.25) is 0 Å². The van der Waals surface area contributed by atoms with E-state index in [0.717, 1.165) is 28.5 Å². The fourth-order valence-electron chi connectivity index (χ4n) is 4.25. The molecule has 0 unspecified atom stereocenters. The first-order valence-electron chi connectivity index (χ1n) is 10.8. The van der Waals surface area contributed by atoms with Gasteiger partial charge in [0.1, 0.15) is 18.2 Å². The van der Waals surface area contributed by atoms with Gasteiger partial charge in [0.15, 0.2) is 0 Å². The molecule has 172 valence electrons. The summed E-state index contributed by atoms with van der Waals surface area (Å²) in [6.07, 6.45) is 1.98. The summed E-state index contributed by atoms with van der Waals surface area (Å²) in [5.74, 6) is -2.42. The number of carboxylic acids is 1. The predicted molar refractivity (Wildman–Crippen MR) is 123 cm³/mol. The monoisotopic (exact) mass is 470 g/mol. The Bertz CT molecular complexity index is 1200. The minimum atomic E-state index is -1.39. The summed E-state index contributed by atoms with van der Waals surface area (Å²) in [6.45, 7) is 2.10. The van der Waals surface area contributed by atoms with Gasteiger partial charge in [0.05, 0.1) is 22.1 Å². The molecule has 5 nitrogen and oxygen atoms in total. The highest BCUT2D eigenvalue weighted by molar-refractivity contribution is 6.32. The van der Waals surface area contributed by atoms with Gasteiger partial charge in [0, 0.05) is 0 Å². The van der Waals surface area contributed by atoms with Crippen LogP contribution in [0.2, 0.25) is 5.02 Å². The quantitative estimate of drug-likeness (QED) is 0.422. The van der Waals surface area contributed by atoms with E-state index in [9.17, 15) is 14.0 Å². The molecule has 3 aromatic carbocycles. The minimum Gasteiger partial charge on any atom is -0.489 e. The van der Waals surface area contributed by atoms with Crippen molar-refractivity contribution in [2.45, 2.75) is 45.3 Å².